The van der Waals surface area contributed by atoms with Crippen LogP contribution in [0.3, 0.4) is 0 Å². The van der Waals surface area contributed by atoms with Crippen LogP contribution in [0.2, 0.25) is 0 Å². The number of ether oxygens (including phenoxy) is 2. The molecule has 0 unspecified atom stereocenters. The van der Waals surface area contributed by atoms with Gasteiger partial charge in [-0.2, -0.15) is 0 Å². The van der Waals surface area contributed by atoms with Crippen molar-refractivity contribution in [3.63, 3.8) is 0 Å². The van der Waals surface area contributed by atoms with E-state index >= 15 is 0 Å². The van der Waals surface area contributed by atoms with Gasteiger partial charge in [0.15, 0.2) is 5.79 Å². The van der Waals surface area contributed by atoms with E-state index in [9.17, 15) is 0 Å². The second-order valence-corrected chi connectivity index (χ2v) is 6.82. The summed E-state index contributed by atoms with van der Waals surface area (Å²) in [5, 5.41) is 0. The average molecular weight is 205 g/mol. The van der Waals surface area contributed by atoms with Crippen LogP contribution in [0, 0.1) is 40.9 Å². The zero-order chi connectivity index (χ0) is 9.79. The van der Waals surface area contributed by atoms with Gasteiger partial charge in [0.05, 0.1) is 18.8 Å². The van der Waals surface area contributed by atoms with Crippen LogP contribution in [0.5, 0.6) is 0 Å². The number of hydrogen-bond acceptors (Lipinski definition) is 3. The molecule has 2 N–H and O–H groups in total. The van der Waals surface area contributed by atoms with Crippen molar-refractivity contribution in [1.82, 2.24) is 0 Å². The lowest BCUT2D eigenvalue weighted by Gasteiger charge is -2.91. The molecule has 0 radical (unpaired) electrons. The summed E-state index contributed by atoms with van der Waals surface area (Å²) in [5.74, 6) is 4.47. The number of rotatable bonds is 0. The van der Waals surface area contributed by atoms with Crippen molar-refractivity contribution in [2.45, 2.75) is 18.2 Å². The second kappa shape index (κ2) is 1.45. The molecule has 15 heavy (non-hydrogen) atoms. The fourth-order valence-electron chi connectivity index (χ4n) is 7.36. The molecule has 6 saturated carbocycles. The van der Waals surface area contributed by atoms with Crippen LogP contribution < -0.4 is 5.73 Å². The van der Waals surface area contributed by atoms with E-state index in [1.807, 2.05) is 0 Å². The first-order valence-corrected chi connectivity index (χ1v) is 6.26. The van der Waals surface area contributed by atoms with Gasteiger partial charge in [0.2, 0.25) is 0 Å². The Kier molecular flexibility index (Phi) is 0.700. The van der Waals surface area contributed by atoms with E-state index in [1.54, 1.807) is 0 Å². The largest absolute Gasteiger partial charge is 0.345 e. The minimum absolute atomic E-state index is 0.0775. The maximum atomic E-state index is 6.68. The van der Waals surface area contributed by atoms with E-state index in [-0.39, 0.29) is 11.3 Å². The van der Waals surface area contributed by atoms with Crippen molar-refractivity contribution in [3.8, 4) is 0 Å². The Balaban J connectivity index is 1.65. The van der Waals surface area contributed by atoms with Gasteiger partial charge in [-0.3, -0.25) is 0 Å². The zero-order valence-corrected chi connectivity index (χ0v) is 8.77. The van der Waals surface area contributed by atoms with Crippen molar-refractivity contribution in [1.29, 1.82) is 0 Å². The van der Waals surface area contributed by atoms with Crippen molar-refractivity contribution >= 4 is 0 Å². The molecular weight excluding hydrogens is 190 g/mol. The van der Waals surface area contributed by atoms with Gasteiger partial charge >= 0.3 is 0 Å². The smallest absolute Gasteiger partial charge is 0.190 e. The zero-order valence-electron chi connectivity index (χ0n) is 8.77. The van der Waals surface area contributed by atoms with Gasteiger partial charge in [0.25, 0.3) is 0 Å². The van der Waals surface area contributed by atoms with Gasteiger partial charge in [-0.05, 0) is 35.0 Å². The molecule has 4 atom stereocenters. The Morgan fingerprint density at radius 2 is 1.47 bits per heavy atom. The van der Waals surface area contributed by atoms with Crippen LogP contribution in [0.15, 0.2) is 0 Å². The van der Waals surface area contributed by atoms with E-state index in [0.29, 0.717) is 11.3 Å². The van der Waals surface area contributed by atoms with Gasteiger partial charge < -0.3 is 15.2 Å². The first-order valence-electron chi connectivity index (χ1n) is 6.26. The van der Waals surface area contributed by atoms with Crippen molar-refractivity contribution < 1.29 is 9.47 Å². The fraction of sp³-hybridized carbons (Fsp3) is 1.00. The Bertz CT molecular complexity index is 407. The minimum Gasteiger partial charge on any atom is -0.345 e. The number of nitrogens with two attached hydrogens (primary N) is 1. The molecule has 1 heterocycles. The average Bonchev–Trinajstić information content (AvgIpc) is 2.78. The van der Waals surface area contributed by atoms with Gasteiger partial charge in [0.1, 0.15) is 0 Å². The molecule has 6 aliphatic carbocycles. The maximum Gasteiger partial charge on any atom is 0.190 e. The third-order valence-corrected chi connectivity index (χ3v) is 7.34. The van der Waals surface area contributed by atoms with Gasteiger partial charge in [-0.25, -0.2) is 0 Å². The minimum atomic E-state index is -0.329. The molecule has 0 aromatic heterocycles. The molecule has 3 nitrogen and oxygen atoms in total. The Labute approximate surface area is 88.3 Å². The summed E-state index contributed by atoms with van der Waals surface area (Å²) in [7, 11) is 0. The van der Waals surface area contributed by atoms with Gasteiger partial charge in [-0.1, -0.05) is 6.92 Å². The summed E-state index contributed by atoms with van der Waals surface area (Å²) in [5.41, 5.74) is 7.27. The summed E-state index contributed by atoms with van der Waals surface area (Å²) in [6.07, 6.45) is 0. The quantitative estimate of drug-likeness (QED) is 0.614. The summed E-state index contributed by atoms with van der Waals surface area (Å²) in [6.45, 7) is 4.00. The van der Waals surface area contributed by atoms with Crippen LogP contribution in [-0.2, 0) is 9.47 Å². The summed E-state index contributed by atoms with van der Waals surface area (Å²) < 4.78 is 12.0. The van der Waals surface area contributed by atoms with Crippen LogP contribution >= 0.6 is 0 Å². The van der Waals surface area contributed by atoms with E-state index in [1.165, 1.54) is 0 Å². The molecule has 0 aromatic rings. The molecule has 7 aliphatic rings. The Morgan fingerprint density at radius 1 is 0.933 bits per heavy atom. The summed E-state index contributed by atoms with van der Waals surface area (Å²) >= 11 is 0. The van der Waals surface area contributed by atoms with Crippen molar-refractivity contribution in [2.24, 2.45) is 46.7 Å². The molecule has 0 amide bonds. The van der Waals surface area contributed by atoms with E-state index < -0.39 is 0 Å². The first kappa shape index (κ1) is 7.25. The first-order chi connectivity index (χ1) is 7.19. The highest BCUT2D eigenvalue weighted by Gasteiger charge is 3.07. The van der Waals surface area contributed by atoms with Crippen LogP contribution in [-0.4, -0.2) is 24.5 Å². The lowest BCUT2D eigenvalue weighted by molar-refractivity contribution is -0.444. The molecule has 1 saturated heterocycles. The fourth-order valence-corrected chi connectivity index (χ4v) is 7.36. The van der Waals surface area contributed by atoms with Crippen LogP contribution in [0.25, 0.3) is 0 Å². The molecular formula is C12H15NO2. The molecule has 1 aliphatic heterocycles. The predicted molar refractivity (Wildman–Crippen MR) is 50.6 cm³/mol. The number of hydrogen-bond donors (Lipinski definition) is 1. The summed E-state index contributed by atoms with van der Waals surface area (Å²) in [4.78, 5) is 0. The van der Waals surface area contributed by atoms with E-state index in [0.717, 1.165) is 42.8 Å². The third-order valence-electron chi connectivity index (χ3n) is 7.34. The van der Waals surface area contributed by atoms with Crippen LogP contribution in [0.1, 0.15) is 6.92 Å². The van der Waals surface area contributed by atoms with E-state index in [4.69, 9.17) is 15.2 Å². The second-order valence-electron chi connectivity index (χ2n) is 6.82. The third kappa shape index (κ3) is 0.323. The summed E-state index contributed by atoms with van der Waals surface area (Å²) in [6, 6.07) is 0. The van der Waals surface area contributed by atoms with Crippen molar-refractivity contribution in [2.75, 3.05) is 13.2 Å². The molecule has 7 fully saturated rings. The molecule has 7 rings (SSSR count). The Morgan fingerprint density at radius 3 is 2.00 bits per heavy atom. The van der Waals surface area contributed by atoms with Gasteiger partial charge in [0, 0.05) is 5.92 Å². The topological polar surface area (TPSA) is 44.5 Å². The van der Waals surface area contributed by atoms with Gasteiger partial charge in [-0.15, -0.1) is 0 Å². The highest BCUT2D eigenvalue weighted by atomic mass is 16.7. The highest BCUT2D eigenvalue weighted by Crippen LogP contribution is 3.02. The Hall–Kier alpha value is -0.120. The predicted octanol–water partition coefficient (Wildman–Crippen LogP) is 0.198. The molecule has 1 spiro atoms. The molecule has 80 valence electrons. The van der Waals surface area contributed by atoms with Crippen molar-refractivity contribution in [3.05, 3.63) is 0 Å². The molecule has 0 aromatic carbocycles. The van der Waals surface area contributed by atoms with Crippen LogP contribution in [0.4, 0.5) is 0 Å². The SMILES string of the molecule is CC12C3[C@@H]4[C@H]1C1[C@@H]2[C@@H]3C4(N)C12OCCO2. The molecule has 3 heteroatoms. The van der Waals surface area contributed by atoms with E-state index in [2.05, 4.69) is 6.92 Å². The maximum absolute atomic E-state index is 6.68. The lowest BCUT2D eigenvalue weighted by atomic mass is 9.12. The molecule has 2 bridgehead atoms. The highest BCUT2D eigenvalue weighted by molar-refractivity contribution is 5.54. The monoisotopic (exact) mass is 205 g/mol. The normalized spacial score (nSPS) is 82.0. The standard InChI is InChI=1S/C12H15NO2/c1-10-4-7-5(10)9-6(10)8(4)11(7,13)12(9)14-2-3-15-12/h4-9H,2-3,13H2,1H3/t4?,5-,6-,7+,8+,9?,10?,11?/m0/s1. The lowest BCUT2D eigenvalue weighted by Crippen LogP contribution is -2.94.